The van der Waals surface area contributed by atoms with Gasteiger partial charge >= 0.3 is 10.2 Å². The maximum Gasteiger partial charge on any atom is 0.302 e. The monoisotopic (exact) mass is 195 g/mol. The molecule has 11 heavy (non-hydrogen) atoms. The van der Waals surface area contributed by atoms with E-state index in [2.05, 4.69) is 4.98 Å². The van der Waals surface area contributed by atoms with E-state index in [1.165, 1.54) is 11.3 Å². The van der Waals surface area contributed by atoms with Crippen molar-refractivity contribution in [3.05, 3.63) is 16.6 Å². The molecule has 0 amide bonds. The summed E-state index contributed by atoms with van der Waals surface area (Å²) in [5.74, 6) is -0.475. The Morgan fingerprint density at radius 3 is 2.82 bits per heavy atom. The van der Waals surface area contributed by atoms with Crippen LogP contribution in [-0.4, -0.2) is 19.2 Å². The van der Waals surface area contributed by atoms with Gasteiger partial charge in [0.05, 0.1) is 17.0 Å². The van der Waals surface area contributed by atoms with Crippen molar-refractivity contribution in [3.63, 3.8) is 0 Å². The van der Waals surface area contributed by atoms with Crippen LogP contribution in [0.15, 0.2) is 10.9 Å². The summed E-state index contributed by atoms with van der Waals surface area (Å²) in [7, 11) is -4.34. The number of aryl methyl sites for hydroxylation is 1. The van der Waals surface area contributed by atoms with Crippen LogP contribution in [0.1, 0.15) is 5.69 Å². The van der Waals surface area contributed by atoms with E-state index in [1.54, 1.807) is 10.9 Å². The molecule has 0 saturated carbocycles. The number of halogens is 1. The summed E-state index contributed by atoms with van der Waals surface area (Å²) in [6.07, 6.45) is 0.155. The Labute approximate surface area is 68.1 Å². The highest BCUT2D eigenvalue weighted by atomic mass is 32.3. The number of thiazole rings is 1. The molecule has 0 N–H and O–H groups in total. The molecule has 0 radical (unpaired) electrons. The number of rotatable bonds is 3. The number of aromatic nitrogens is 1. The molecule has 0 aliphatic rings. The topological polar surface area (TPSA) is 47.0 Å². The minimum atomic E-state index is -4.34. The molecule has 3 nitrogen and oxygen atoms in total. The van der Waals surface area contributed by atoms with E-state index in [1.807, 2.05) is 0 Å². The molecule has 1 rings (SSSR count). The van der Waals surface area contributed by atoms with Crippen molar-refractivity contribution in [2.45, 2.75) is 6.42 Å². The largest absolute Gasteiger partial charge is 0.302 e. The first-order valence-electron chi connectivity index (χ1n) is 2.87. The SMILES string of the molecule is O=S(=O)(F)CCc1cscn1. The van der Waals surface area contributed by atoms with Crippen LogP contribution >= 0.6 is 11.3 Å². The van der Waals surface area contributed by atoms with Crippen molar-refractivity contribution >= 4 is 21.6 Å². The Morgan fingerprint density at radius 1 is 1.64 bits per heavy atom. The molecule has 1 heterocycles. The summed E-state index contributed by atoms with van der Waals surface area (Å²) in [5.41, 5.74) is 2.21. The molecule has 0 atom stereocenters. The van der Waals surface area contributed by atoms with E-state index in [-0.39, 0.29) is 6.42 Å². The van der Waals surface area contributed by atoms with Gasteiger partial charge in [-0.2, -0.15) is 8.42 Å². The van der Waals surface area contributed by atoms with Crippen LogP contribution in [0.5, 0.6) is 0 Å². The van der Waals surface area contributed by atoms with E-state index in [9.17, 15) is 12.3 Å². The average molecular weight is 195 g/mol. The van der Waals surface area contributed by atoms with Crippen LogP contribution in [0.25, 0.3) is 0 Å². The van der Waals surface area contributed by atoms with Crippen molar-refractivity contribution < 1.29 is 12.3 Å². The summed E-state index contributed by atoms with van der Waals surface area (Å²) in [5, 5.41) is 1.70. The Bertz CT molecular complexity index is 305. The maximum absolute atomic E-state index is 11.9. The van der Waals surface area contributed by atoms with E-state index in [0.29, 0.717) is 5.69 Å². The molecule has 0 bridgehead atoms. The van der Waals surface area contributed by atoms with Crippen molar-refractivity contribution in [2.75, 3.05) is 5.75 Å². The smallest absolute Gasteiger partial charge is 0.250 e. The standard InChI is InChI=1S/C5H6FNO2S2/c6-11(8,9)2-1-5-3-10-4-7-5/h3-4H,1-2H2. The lowest BCUT2D eigenvalue weighted by atomic mass is 10.4. The highest BCUT2D eigenvalue weighted by Gasteiger charge is 2.07. The van der Waals surface area contributed by atoms with Crippen LogP contribution < -0.4 is 0 Å². The predicted octanol–water partition coefficient (Wildman–Crippen LogP) is 0.985. The molecule has 0 spiro atoms. The second kappa shape index (κ2) is 3.27. The molecule has 0 fully saturated rings. The van der Waals surface area contributed by atoms with Crippen LogP contribution in [0.2, 0.25) is 0 Å². The van der Waals surface area contributed by atoms with Gasteiger partial charge in [-0.3, -0.25) is 0 Å². The first kappa shape index (κ1) is 8.61. The fourth-order valence-electron chi connectivity index (χ4n) is 0.587. The second-order valence-corrected chi connectivity index (χ2v) is 4.18. The molecular weight excluding hydrogens is 189 g/mol. The normalized spacial score (nSPS) is 11.7. The molecule has 0 saturated heterocycles. The van der Waals surface area contributed by atoms with Gasteiger partial charge in [0.15, 0.2) is 0 Å². The third-order valence-corrected chi connectivity index (χ3v) is 2.41. The zero-order chi connectivity index (χ0) is 8.32. The lowest BCUT2D eigenvalue weighted by molar-refractivity contribution is 0.551. The minimum Gasteiger partial charge on any atom is -0.250 e. The summed E-state index contributed by atoms with van der Waals surface area (Å²) in [6, 6.07) is 0. The fraction of sp³-hybridized carbons (Fsp3) is 0.400. The van der Waals surface area contributed by atoms with Crippen molar-refractivity contribution in [3.8, 4) is 0 Å². The molecule has 0 aliphatic carbocycles. The predicted molar refractivity (Wildman–Crippen MR) is 40.7 cm³/mol. The quantitative estimate of drug-likeness (QED) is 0.675. The second-order valence-electron chi connectivity index (χ2n) is 1.97. The average Bonchev–Trinajstić information content (AvgIpc) is 2.32. The van der Waals surface area contributed by atoms with E-state index in [0.717, 1.165) is 0 Å². The highest BCUT2D eigenvalue weighted by molar-refractivity contribution is 7.86. The Hall–Kier alpha value is -0.490. The van der Waals surface area contributed by atoms with Crippen molar-refractivity contribution in [2.24, 2.45) is 0 Å². The van der Waals surface area contributed by atoms with Crippen molar-refractivity contribution in [1.29, 1.82) is 0 Å². The fourth-order valence-corrected chi connectivity index (χ4v) is 1.63. The van der Waals surface area contributed by atoms with Crippen LogP contribution in [0, 0.1) is 0 Å². The van der Waals surface area contributed by atoms with Gasteiger partial charge in [0.1, 0.15) is 0 Å². The first-order chi connectivity index (χ1) is 5.08. The van der Waals surface area contributed by atoms with Gasteiger partial charge in [-0.15, -0.1) is 15.2 Å². The van der Waals surface area contributed by atoms with Gasteiger partial charge in [0.25, 0.3) is 0 Å². The van der Waals surface area contributed by atoms with Crippen LogP contribution in [0.3, 0.4) is 0 Å². The Morgan fingerprint density at radius 2 is 2.36 bits per heavy atom. The van der Waals surface area contributed by atoms with E-state index in [4.69, 9.17) is 0 Å². The number of nitrogens with zero attached hydrogens (tertiary/aromatic N) is 1. The van der Waals surface area contributed by atoms with Gasteiger partial charge in [-0.25, -0.2) is 4.98 Å². The third-order valence-electron chi connectivity index (χ3n) is 1.09. The third kappa shape index (κ3) is 3.43. The maximum atomic E-state index is 11.9. The molecular formula is C5H6FNO2S2. The molecule has 6 heteroatoms. The van der Waals surface area contributed by atoms with Gasteiger partial charge in [0, 0.05) is 11.8 Å². The van der Waals surface area contributed by atoms with Gasteiger partial charge < -0.3 is 0 Å². The number of hydrogen-bond acceptors (Lipinski definition) is 4. The summed E-state index contributed by atoms with van der Waals surface area (Å²) < 4.78 is 32.0. The molecule has 0 aromatic carbocycles. The Balaban J connectivity index is 2.48. The zero-order valence-electron chi connectivity index (χ0n) is 5.53. The molecule has 0 unspecified atom stereocenters. The van der Waals surface area contributed by atoms with Gasteiger partial charge in [-0.1, -0.05) is 0 Å². The number of hydrogen-bond donors (Lipinski definition) is 0. The van der Waals surface area contributed by atoms with Crippen molar-refractivity contribution in [1.82, 2.24) is 4.98 Å². The van der Waals surface area contributed by atoms with Crippen LogP contribution in [0.4, 0.5) is 3.89 Å². The molecule has 1 aromatic rings. The summed E-state index contributed by atoms with van der Waals surface area (Å²) in [6.45, 7) is 0. The molecule has 62 valence electrons. The zero-order valence-corrected chi connectivity index (χ0v) is 7.16. The van der Waals surface area contributed by atoms with Gasteiger partial charge in [0.2, 0.25) is 0 Å². The summed E-state index contributed by atoms with van der Waals surface area (Å²) >= 11 is 1.36. The highest BCUT2D eigenvalue weighted by Crippen LogP contribution is 2.03. The minimum absolute atomic E-state index is 0.155. The van der Waals surface area contributed by atoms with E-state index >= 15 is 0 Å². The Kier molecular flexibility index (Phi) is 2.56. The lowest BCUT2D eigenvalue weighted by Gasteiger charge is -1.89. The summed E-state index contributed by atoms with van der Waals surface area (Å²) in [4.78, 5) is 3.81. The lowest BCUT2D eigenvalue weighted by Crippen LogP contribution is -2.01. The van der Waals surface area contributed by atoms with E-state index < -0.39 is 16.0 Å². The molecule has 0 aliphatic heterocycles. The van der Waals surface area contributed by atoms with Crippen LogP contribution in [-0.2, 0) is 16.6 Å². The first-order valence-corrected chi connectivity index (χ1v) is 5.37. The molecule has 1 aromatic heterocycles. The van der Waals surface area contributed by atoms with Gasteiger partial charge in [-0.05, 0) is 0 Å².